The number of sulfonamides is 1. The molecule has 0 bridgehead atoms. The molecule has 0 saturated heterocycles. The first kappa shape index (κ1) is 17.3. The highest BCUT2D eigenvalue weighted by atomic mass is 35.5. The van der Waals surface area contributed by atoms with Crippen molar-refractivity contribution < 1.29 is 17.9 Å². The van der Waals surface area contributed by atoms with E-state index in [4.69, 9.17) is 11.6 Å². The Labute approximate surface area is 140 Å². The van der Waals surface area contributed by atoms with Gasteiger partial charge in [0.05, 0.1) is 23.3 Å². The lowest BCUT2D eigenvalue weighted by Gasteiger charge is -2.12. The van der Waals surface area contributed by atoms with Gasteiger partial charge >= 0.3 is 5.97 Å². The van der Waals surface area contributed by atoms with Gasteiger partial charge in [-0.1, -0.05) is 23.7 Å². The average Bonchev–Trinajstić information content (AvgIpc) is 2.50. The first-order valence-electron chi connectivity index (χ1n) is 6.72. The normalized spacial score (nSPS) is 11.1. The first-order chi connectivity index (χ1) is 10.7. The van der Waals surface area contributed by atoms with Gasteiger partial charge in [-0.25, -0.2) is 13.2 Å². The van der Waals surface area contributed by atoms with Crippen LogP contribution in [-0.2, 0) is 14.8 Å². The summed E-state index contributed by atoms with van der Waals surface area (Å²) in [6.45, 7) is 3.47. The number of carbonyl (C=O) groups excluding carboxylic acids is 1. The molecule has 0 heterocycles. The molecule has 0 saturated carbocycles. The zero-order chi connectivity index (χ0) is 17.2. The Bertz CT molecular complexity index is 862. The predicted molar refractivity (Wildman–Crippen MR) is 89.5 cm³/mol. The van der Waals surface area contributed by atoms with Gasteiger partial charge in [-0.05, 0) is 49.2 Å². The first-order valence-corrected chi connectivity index (χ1v) is 8.58. The number of carbonyl (C=O) groups is 1. The van der Waals surface area contributed by atoms with Crippen molar-refractivity contribution in [2.24, 2.45) is 0 Å². The van der Waals surface area contributed by atoms with E-state index in [2.05, 4.69) is 9.46 Å². The summed E-state index contributed by atoms with van der Waals surface area (Å²) in [6, 6.07) is 9.25. The molecular weight excluding hydrogens is 338 g/mol. The second-order valence-electron chi connectivity index (χ2n) is 5.04. The van der Waals surface area contributed by atoms with Gasteiger partial charge in [0, 0.05) is 5.02 Å². The Hall–Kier alpha value is -2.05. The molecule has 7 heteroatoms. The Morgan fingerprint density at radius 2 is 1.74 bits per heavy atom. The maximum Gasteiger partial charge on any atom is 0.337 e. The minimum atomic E-state index is -3.85. The standard InChI is InChI=1S/C16H16ClNO4S/c1-10-5-7-13(9-14(10)17)18-23(20,21)15-8-12(16(19)22-3)6-4-11(15)2/h4-9,18H,1-3H3. The van der Waals surface area contributed by atoms with Gasteiger partial charge in [0.1, 0.15) is 0 Å². The van der Waals surface area contributed by atoms with Crippen LogP contribution in [0.4, 0.5) is 5.69 Å². The molecule has 0 aliphatic heterocycles. The number of aryl methyl sites for hydroxylation is 2. The molecule has 0 aliphatic carbocycles. The van der Waals surface area contributed by atoms with Crippen molar-refractivity contribution in [3.63, 3.8) is 0 Å². The lowest BCUT2D eigenvalue weighted by Crippen LogP contribution is -2.15. The lowest BCUT2D eigenvalue weighted by molar-refractivity contribution is 0.0600. The third-order valence-electron chi connectivity index (χ3n) is 3.32. The average molecular weight is 354 g/mol. The van der Waals surface area contributed by atoms with E-state index in [0.717, 1.165) is 5.56 Å². The fourth-order valence-corrected chi connectivity index (χ4v) is 3.50. The molecule has 0 atom stereocenters. The van der Waals surface area contributed by atoms with Crippen LogP contribution in [0.15, 0.2) is 41.3 Å². The van der Waals surface area contributed by atoms with E-state index in [0.29, 0.717) is 16.3 Å². The highest BCUT2D eigenvalue weighted by Gasteiger charge is 2.19. The summed E-state index contributed by atoms with van der Waals surface area (Å²) in [7, 11) is -2.62. The SMILES string of the molecule is COC(=O)c1ccc(C)c(S(=O)(=O)Nc2ccc(C)c(Cl)c2)c1. The van der Waals surface area contributed by atoms with E-state index in [-0.39, 0.29) is 10.5 Å². The number of hydrogen-bond acceptors (Lipinski definition) is 4. The fraction of sp³-hybridized carbons (Fsp3) is 0.188. The minimum Gasteiger partial charge on any atom is -0.465 e. The quantitative estimate of drug-likeness (QED) is 0.853. The summed E-state index contributed by atoms with van der Waals surface area (Å²) in [5.41, 5.74) is 1.88. The van der Waals surface area contributed by atoms with Crippen molar-refractivity contribution >= 4 is 33.3 Å². The molecule has 0 unspecified atom stereocenters. The van der Waals surface area contributed by atoms with Crippen LogP contribution in [0.5, 0.6) is 0 Å². The van der Waals surface area contributed by atoms with E-state index in [1.165, 1.54) is 25.3 Å². The molecule has 0 radical (unpaired) electrons. The molecule has 122 valence electrons. The Balaban J connectivity index is 2.42. The number of ether oxygens (including phenoxy) is 1. The summed E-state index contributed by atoms with van der Waals surface area (Å²) in [5.74, 6) is -0.597. The van der Waals surface area contributed by atoms with Crippen LogP contribution in [0.2, 0.25) is 5.02 Å². The molecular formula is C16H16ClNO4S. The third kappa shape index (κ3) is 3.83. The zero-order valence-corrected chi connectivity index (χ0v) is 14.5. The van der Waals surface area contributed by atoms with Crippen LogP contribution in [0.25, 0.3) is 0 Å². The maximum atomic E-state index is 12.6. The molecule has 0 amide bonds. The Morgan fingerprint density at radius 3 is 2.35 bits per heavy atom. The fourth-order valence-electron chi connectivity index (χ4n) is 2.00. The van der Waals surface area contributed by atoms with Crippen molar-refractivity contribution in [3.05, 3.63) is 58.1 Å². The highest BCUT2D eigenvalue weighted by molar-refractivity contribution is 7.92. The molecule has 0 spiro atoms. The molecule has 0 aromatic heterocycles. The van der Waals surface area contributed by atoms with Gasteiger partial charge in [0.25, 0.3) is 10.0 Å². The van der Waals surface area contributed by atoms with Gasteiger partial charge in [0.2, 0.25) is 0 Å². The van der Waals surface area contributed by atoms with Gasteiger partial charge in [-0.3, -0.25) is 4.72 Å². The summed E-state index contributed by atoms with van der Waals surface area (Å²) in [4.78, 5) is 11.6. The van der Waals surface area contributed by atoms with Gasteiger partial charge in [-0.2, -0.15) is 0 Å². The number of rotatable bonds is 4. The monoisotopic (exact) mass is 353 g/mol. The Morgan fingerprint density at radius 1 is 1.09 bits per heavy atom. The number of nitrogens with one attached hydrogen (secondary N) is 1. The van der Waals surface area contributed by atoms with E-state index in [1.54, 1.807) is 25.1 Å². The second kappa shape index (κ2) is 6.60. The van der Waals surface area contributed by atoms with E-state index >= 15 is 0 Å². The van der Waals surface area contributed by atoms with Crippen LogP contribution in [0.3, 0.4) is 0 Å². The number of anilines is 1. The van der Waals surface area contributed by atoms with Crippen LogP contribution < -0.4 is 4.72 Å². The van der Waals surface area contributed by atoms with Crippen LogP contribution in [-0.4, -0.2) is 21.5 Å². The summed E-state index contributed by atoms with van der Waals surface area (Å²) in [6.07, 6.45) is 0. The topological polar surface area (TPSA) is 72.5 Å². The maximum absolute atomic E-state index is 12.6. The number of benzene rings is 2. The van der Waals surface area contributed by atoms with Gasteiger partial charge in [0.15, 0.2) is 0 Å². The van der Waals surface area contributed by atoms with Crippen LogP contribution in [0.1, 0.15) is 21.5 Å². The van der Waals surface area contributed by atoms with E-state index in [1.807, 2.05) is 6.92 Å². The Kier molecular flexibility index (Phi) is 4.97. The number of hydrogen-bond donors (Lipinski definition) is 1. The molecule has 2 aromatic rings. The number of halogens is 1. The third-order valence-corrected chi connectivity index (χ3v) is 5.25. The van der Waals surface area contributed by atoms with E-state index < -0.39 is 16.0 Å². The minimum absolute atomic E-state index is 0.0112. The number of methoxy groups -OCH3 is 1. The van der Waals surface area contributed by atoms with Gasteiger partial charge in [-0.15, -0.1) is 0 Å². The molecule has 0 aliphatic rings. The van der Waals surface area contributed by atoms with Crippen LogP contribution in [0, 0.1) is 13.8 Å². The smallest absolute Gasteiger partial charge is 0.337 e. The molecule has 5 nitrogen and oxygen atoms in total. The van der Waals surface area contributed by atoms with Crippen molar-refractivity contribution in [2.75, 3.05) is 11.8 Å². The summed E-state index contributed by atoms with van der Waals surface area (Å²) < 4.78 is 32.2. The van der Waals surface area contributed by atoms with Crippen molar-refractivity contribution in [1.82, 2.24) is 0 Å². The van der Waals surface area contributed by atoms with Crippen LogP contribution >= 0.6 is 11.6 Å². The second-order valence-corrected chi connectivity index (χ2v) is 7.10. The lowest BCUT2D eigenvalue weighted by atomic mass is 10.1. The van der Waals surface area contributed by atoms with Crippen molar-refractivity contribution in [1.29, 1.82) is 0 Å². The van der Waals surface area contributed by atoms with Crippen molar-refractivity contribution in [2.45, 2.75) is 18.7 Å². The largest absolute Gasteiger partial charge is 0.465 e. The zero-order valence-electron chi connectivity index (χ0n) is 12.9. The predicted octanol–water partition coefficient (Wildman–Crippen LogP) is 3.54. The summed E-state index contributed by atoms with van der Waals surface area (Å²) >= 11 is 6.01. The van der Waals surface area contributed by atoms with Gasteiger partial charge < -0.3 is 4.74 Å². The van der Waals surface area contributed by atoms with E-state index in [9.17, 15) is 13.2 Å². The molecule has 1 N–H and O–H groups in total. The molecule has 23 heavy (non-hydrogen) atoms. The summed E-state index contributed by atoms with van der Waals surface area (Å²) in [5, 5.41) is 0.463. The number of esters is 1. The van der Waals surface area contributed by atoms with Crippen molar-refractivity contribution in [3.8, 4) is 0 Å². The molecule has 2 aromatic carbocycles. The molecule has 2 rings (SSSR count). The molecule has 0 fully saturated rings. The highest BCUT2D eigenvalue weighted by Crippen LogP contribution is 2.24.